The Morgan fingerprint density at radius 2 is 2.04 bits per heavy atom. The van der Waals surface area contributed by atoms with Gasteiger partial charge in [-0.25, -0.2) is 14.1 Å². The van der Waals surface area contributed by atoms with Crippen molar-refractivity contribution < 1.29 is 23.5 Å². The van der Waals surface area contributed by atoms with E-state index in [2.05, 4.69) is 0 Å². The van der Waals surface area contributed by atoms with Crippen molar-refractivity contribution in [1.29, 1.82) is 0 Å². The molecule has 0 aliphatic carbocycles. The molecule has 128 valence electrons. The van der Waals surface area contributed by atoms with E-state index >= 15 is 0 Å². The molecule has 1 unspecified atom stereocenters. The number of carbonyl (C=O) groups is 2. The summed E-state index contributed by atoms with van der Waals surface area (Å²) >= 11 is 0. The van der Waals surface area contributed by atoms with Crippen LogP contribution < -0.4 is 4.74 Å². The van der Waals surface area contributed by atoms with E-state index in [1.54, 1.807) is 6.07 Å². The highest BCUT2D eigenvalue weighted by atomic mass is 19.1. The fourth-order valence-electron chi connectivity index (χ4n) is 3.18. The number of imide groups is 1. The van der Waals surface area contributed by atoms with Crippen molar-refractivity contribution in [2.24, 2.45) is 0 Å². The van der Waals surface area contributed by atoms with Gasteiger partial charge in [0.2, 0.25) is 5.60 Å². The first-order valence-electron chi connectivity index (χ1n) is 8.07. The number of β-lactam (4-membered cyclic amide) rings is 1. The van der Waals surface area contributed by atoms with Crippen LogP contribution in [0.15, 0.2) is 48.5 Å². The summed E-state index contributed by atoms with van der Waals surface area (Å²) in [6, 6.07) is 13.5. The number of carbonyl (C=O) groups excluding carboxylic acids is 2. The van der Waals surface area contributed by atoms with Crippen molar-refractivity contribution in [3.05, 3.63) is 65.5 Å². The summed E-state index contributed by atoms with van der Waals surface area (Å²) in [6.45, 7) is 0.223. The Labute approximate surface area is 144 Å². The van der Waals surface area contributed by atoms with E-state index < -0.39 is 23.4 Å². The van der Waals surface area contributed by atoms with Gasteiger partial charge in [-0.15, -0.1) is 0 Å². The molecule has 5 nitrogen and oxygen atoms in total. The molecule has 0 bridgehead atoms. The predicted molar refractivity (Wildman–Crippen MR) is 86.4 cm³/mol. The number of rotatable bonds is 2. The topological polar surface area (TPSA) is 55.8 Å². The molecular formula is C19H16FNO4. The van der Waals surface area contributed by atoms with Gasteiger partial charge in [0.05, 0.1) is 6.54 Å². The number of amides is 2. The van der Waals surface area contributed by atoms with E-state index in [0.717, 1.165) is 16.0 Å². The lowest BCUT2D eigenvalue weighted by Gasteiger charge is -2.48. The van der Waals surface area contributed by atoms with Gasteiger partial charge in [-0.05, 0) is 23.6 Å². The van der Waals surface area contributed by atoms with Crippen LogP contribution in [0, 0.1) is 5.82 Å². The molecule has 1 spiro atoms. The number of fused-ring (bicyclic) bond motifs is 1. The summed E-state index contributed by atoms with van der Waals surface area (Å²) in [5.74, 6) is -0.473. The smallest absolute Gasteiger partial charge is 0.417 e. The molecule has 0 aromatic heterocycles. The highest BCUT2D eigenvalue weighted by Crippen LogP contribution is 2.40. The molecular weight excluding hydrogens is 325 g/mol. The van der Waals surface area contributed by atoms with Gasteiger partial charge in [-0.2, -0.15) is 0 Å². The summed E-state index contributed by atoms with van der Waals surface area (Å²) in [6.07, 6.45) is 0.384. The summed E-state index contributed by atoms with van der Waals surface area (Å²) < 4.78 is 24.3. The van der Waals surface area contributed by atoms with Gasteiger partial charge < -0.3 is 9.47 Å². The Morgan fingerprint density at radius 3 is 2.80 bits per heavy atom. The van der Waals surface area contributed by atoms with E-state index in [-0.39, 0.29) is 13.2 Å². The Hall–Kier alpha value is -2.89. The maximum Gasteiger partial charge on any atom is 0.417 e. The average Bonchev–Trinajstić information content (AvgIpc) is 2.64. The Morgan fingerprint density at radius 1 is 1.24 bits per heavy atom. The van der Waals surface area contributed by atoms with E-state index in [4.69, 9.17) is 9.47 Å². The summed E-state index contributed by atoms with van der Waals surface area (Å²) in [7, 11) is 0. The van der Waals surface area contributed by atoms with Crippen LogP contribution in [0.1, 0.15) is 17.5 Å². The molecule has 2 aromatic carbocycles. The molecule has 1 fully saturated rings. The number of likely N-dealkylation sites (tertiary alicyclic amines) is 1. The van der Waals surface area contributed by atoms with Crippen molar-refractivity contribution in [3.8, 4) is 5.75 Å². The molecule has 2 aromatic rings. The second kappa shape index (κ2) is 5.88. The van der Waals surface area contributed by atoms with Crippen molar-refractivity contribution >= 4 is 12.0 Å². The normalized spacial score (nSPS) is 21.3. The fraction of sp³-hybridized carbons (Fsp3) is 0.263. The zero-order chi connectivity index (χ0) is 17.4. The van der Waals surface area contributed by atoms with Gasteiger partial charge in [-0.3, -0.25) is 4.79 Å². The van der Waals surface area contributed by atoms with Crippen LogP contribution in [0.4, 0.5) is 9.18 Å². The minimum absolute atomic E-state index is 0.103. The molecule has 1 atom stereocenters. The molecule has 2 aliphatic rings. The fourth-order valence-corrected chi connectivity index (χ4v) is 3.18. The average molecular weight is 341 g/mol. The van der Waals surface area contributed by atoms with Gasteiger partial charge in [0.25, 0.3) is 5.91 Å². The SMILES string of the molecule is O=C(OCc1ccccc1)N1CC2(CCc3ccc(F)cc3O2)C1=O. The van der Waals surface area contributed by atoms with Crippen molar-refractivity contribution in [2.75, 3.05) is 6.54 Å². The predicted octanol–water partition coefficient (Wildman–Crippen LogP) is 3.07. The number of nitrogens with zero attached hydrogens (tertiary/aromatic N) is 1. The zero-order valence-corrected chi connectivity index (χ0v) is 13.4. The largest absolute Gasteiger partial charge is 0.475 e. The standard InChI is InChI=1S/C19H16FNO4/c20-15-7-6-14-8-9-19(25-16(14)10-15)12-21(17(19)22)18(23)24-11-13-4-2-1-3-5-13/h1-7,10H,8-9,11-12H2. The number of hydrogen-bond acceptors (Lipinski definition) is 4. The molecule has 2 amide bonds. The first-order valence-corrected chi connectivity index (χ1v) is 8.07. The third kappa shape index (κ3) is 2.73. The number of benzene rings is 2. The Balaban J connectivity index is 1.40. The van der Waals surface area contributed by atoms with Crippen molar-refractivity contribution in [3.63, 3.8) is 0 Å². The number of halogens is 1. The van der Waals surface area contributed by atoms with Gasteiger partial charge >= 0.3 is 6.09 Å². The highest BCUT2D eigenvalue weighted by Gasteiger charge is 2.58. The Bertz CT molecular complexity index is 839. The number of aryl methyl sites for hydroxylation is 1. The van der Waals surface area contributed by atoms with Gasteiger partial charge in [0.15, 0.2) is 0 Å². The van der Waals surface area contributed by atoms with E-state index in [1.807, 2.05) is 30.3 Å². The van der Waals surface area contributed by atoms with Crippen molar-refractivity contribution in [1.82, 2.24) is 4.90 Å². The quantitative estimate of drug-likeness (QED) is 0.788. The van der Waals surface area contributed by atoms with Crippen LogP contribution in [0.25, 0.3) is 0 Å². The molecule has 2 heterocycles. The van der Waals surface area contributed by atoms with E-state index in [0.29, 0.717) is 18.6 Å². The monoisotopic (exact) mass is 341 g/mol. The molecule has 0 radical (unpaired) electrons. The summed E-state index contributed by atoms with van der Waals surface area (Å²) in [4.78, 5) is 25.6. The van der Waals surface area contributed by atoms with Crippen LogP contribution in [-0.2, 0) is 22.6 Å². The molecule has 0 N–H and O–H groups in total. The summed E-state index contributed by atoms with van der Waals surface area (Å²) in [5.41, 5.74) is 0.633. The molecule has 0 saturated carbocycles. The maximum absolute atomic E-state index is 13.4. The zero-order valence-electron chi connectivity index (χ0n) is 13.4. The highest BCUT2D eigenvalue weighted by molar-refractivity contribution is 6.03. The van der Waals surface area contributed by atoms with Crippen LogP contribution in [0.3, 0.4) is 0 Å². The first-order chi connectivity index (χ1) is 12.1. The third-order valence-corrected chi connectivity index (χ3v) is 4.61. The van der Waals surface area contributed by atoms with Crippen LogP contribution in [0.5, 0.6) is 5.75 Å². The second-order valence-electron chi connectivity index (χ2n) is 6.28. The van der Waals surface area contributed by atoms with Crippen molar-refractivity contribution in [2.45, 2.75) is 25.0 Å². The van der Waals surface area contributed by atoms with Gasteiger partial charge in [0.1, 0.15) is 18.2 Å². The maximum atomic E-state index is 13.4. The van der Waals surface area contributed by atoms with Crippen LogP contribution in [0.2, 0.25) is 0 Å². The lowest BCUT2D eigenvalue weighted by molar-refractivity contribution is -0.169. The second-order valence-corrected chi connectivity index (χ2v) is 6.28. The van der Waals surface area contributed by atoms with Crippen LogP contribution >= 0.6 is 0 Å². The molecule has 6 heteroatoms. The molecule has 1 saturated heterocycles. The van der Waals surface area contributed by atoms with Gasteiger partial charge in [-0.1, -0.05) is 36.4 Å². The lowest BCUT2D eigenvalue weighted by Crippen LogP contribution is -2.71. The minimum Gasteiger partial charge on any atom is -0.475 e. The molecule has 4 rings (SSSR count). The van der Waals surface area contributed by atoms with Crippen LogP contribution in [-0.4, -0.2) is 29.0 Å². The number of hydrogen-bond donors (Lipinski definition) is 0. The minimum atomic E-state index is -1.08. The van der Waals surface area contributed by atoms with E-state index in [9.17, 15) is 14.0 Å². The van der Waals surface area contributed by atoms with Gasteiger partial charge in [0, 0.05) is 12.5 Å². The molecule has 2 aliphatic heterocycles. The number of ether oxygens (including phenoxy) is 2. The van der Waals surface area contributed by atoms with E-state index in [1.165, 1.54) is 12.1 Å². The first kappa shape index (κ1) is 15.6. The Kier molecular flexibility index (Phi) is 3.67. The lowest BCUT2D eigenvalue weighted by atomic mass is 9.84. The third-order valence-electron chi connectivity index (χ3n) is 4.61. The summed E-state index contributed by atoms with van der Waals surface area (Å²) in [5, 5.41) is 0. The molecule has 25 heavy (non-hydrogen) atoms.